The molecule has 0 unspecified atom stereocenters. The highest BCUT2D eigenvalue weighted by Crippen LogP contribution is 2.36. The van der Waals surface area contributed by atoms with Crippen molar-refractivity contribution in [3.05, 3.63) is 40.2 Å². The molecule has 5 nitrogen and oxygen atoms in total. The molecule has 128 valence electrons. The van der Waals surface area contributed by atoms with Gasteiger partial charge in [-0.25, -0.2) is 0 Å². The van der Waals surface area contributed by atoms with Gasteiger partial charge in [-0.1, -0.05) is 0 Å². The summed E-state index contributed by atoms with van der Waals surface area (Å²) in [5.41, 5.74) is 2.36. The number of rotatable bonds is 4. The number of nitrogens with zero attached hydrogens (tertiary/aromatic N) is 3. The van der Waals surface area contributed by atoms with Crippen molar-refractivity contribution in [2.45, 2.75) is 44.4 Å². The standard InChI is InChI=1S/C18H24N4OS/c1-14-3-4-17(21-20-14)19-16-9-18(23-11-16)6-2-7-22(13-18)10-15-5-8-24-12-15/h3-5,8,12,16H,2,6-7,9-11,13H2,1H3,(H,19,21)/t16-,18+/m1/s1. The summed E-state index contributed by atoms with van der Waals surface area (Å²) < 4.78 is 6.29. The summed E-state index contributed by atoms with van der Waals surface area (Å²) in [4.78, 5) is 2.54. The minimum absolute atomic E-state index is 0.00403. The normalized spacial score (nSPS) is 27.6. The molecule has 2 fully saturated rings. The van der Waals surface area contributed by atoms with Crippen molar-refractivity contribution in [3.63, 3.8) is 0 Å². The Balaban J connectivity index is 1.36. The first-order valence-corrected chi connectivity index (χ1v) is 9.59. The molecule has 0 amide bonds. The Hall–Kier alpha value is -1.50. The minimum atomic E-state index is 0.00403. The molecule has 0 saturated carbocycles. The summed E-state index contributed by atoms with van der Waals surface area (Å²) in [7, 11) is 0. The second kappa shape index (κ2) is 6.78. The molecule has 2 aromatic heterocycles. The third kappa shape index (κ3) is 3.61. The van der Waals surface area contributed by atoms with E-state index in [1.807, 2.05) is 19.1 Å². The number of thiophene rings is 1. The molecule has 2 aromatic rings. The van der Waals surface area contributed by atoms with Gasteiger partial charge in [-0.2, -0.15) is 16.4 Å². The summed E-state index contributed by atoms with van der Waals surface area (Å²) in [6, 6.07) is 6.53. The summed E-state index contributed by atoms with van der Waals surface area (Å²) in [6.07, 6.45) is 3.41. The Morgan fingerprint density at radius 1 is 1.38 bits per heavy atom. The van der Waals surface area contributed by atoms with Gasteiger partial charge in [0.15, 0.2) is 0 Å². The molecule has 0 bridgehead atoms. The fourth-order valence-electron chi connectivity index (χ4n) is 3.87. The molecule has 0 aromatic carbocycles. The fourth-order valence-corrected chi connectivity index (χ4v) is 4.53. The number of likely N-dealkylation sites (tertiary alicyclic amines) is 1. The van der Waals surface area contributed by atoms with Crippen LogP contribution in [-0.4, -0.2) is 46.4 Å². The Bertz CT molecular complexity index is 660. The summed E-state index contributed by atoms with van der Waals surface area (Å²) in [5.74, 6) is 0.845. The first-order chi connectivity index (χ1) is 11.7. The molecule has 2 atom stereocenters. The lowest BCUT2D eigenvalue weighted by atomic mass is 9.88. The van der Waals surface area contributed by atoms with Gasteiger partial charge in [-0.15, -0.1) is 5.10 Å². The van der Waals surface area contributed by atoms with Crippen molar-refractivity contribution in [1.82, 2.24) is 15.1 Å². The molecule has 6 heteroatoms. The van der Waals surface area contributed by atoms with E-state index in [9.17, 15) is 0 Å². The van der Waals surface area contributed by atoms with E-state index in [1.54, 1.807) is 11.3 Å². The highest BCUT2D eigenvalue weighted by molar-refractivity contribution is 7.07. The number of hydrogen-bond donors (Lipinski definition) is 1. The number of aryl methyl sites for hydroxylation is 1. The number of ether oxygens (including phenoxy) is 1. The van der Waals surface area contributed by atoms with E-state index in [-0.39, 0.29) is 5.60 Å². The molecule has 4 rings (SSSR count). The van der Waals surface area contributed by atoms with Crippen LogP contribution in [0, 0.1) is 6.92 Å². The van der Waals surface area contributed by atoms with Crippen LogP contribution in [0.2, 0.25) is 0 Å². The van der Waals surface area contributed by atoms with Crippen LogP contribution in [0.4, 0.5) is 5.82 Å². The van der Waals surface area contributed by atoms with E-state index in [1.165, 1.54) is 18.5 Å². The van der Waals surface area contributed by atoms with Gasteiger partial charge in [0.25, 0.3) is 0 Å². The van der Waals surface area contributed by atoms with Crippen LogP contribution in [-0.2, 0) is 11.3 Å². The number of nitrogens with one attached hydrogen (secondary N) is 1. The van der Waals surface area contributed by atoms with Crippen LogP contribution >= 0.6 is 11.3 Å². The third-order valence-corrected chi connectivity index (χ3v) is 5.70. The molecule has 0 radical (unpaired) electrons. The van der Waals surface area contributed by atoms with E-state index >= 15 is 0 Å². The summed E-state index contributed by atoms with van der Waals surface area (Å²) in [5, 5.41) is 16.2. The van der Waals surface area contributed by atoms with Crippen LogP contribution in [0.15, 0.2) is 29.0 Å². The van der Waals surface area contributed by atoms with Crippen LogP contribution in [0.5, 0.6) is 0 Å². The molecule has 1 spiro atoms. The predicted molar refractivity (Wildman–Crippen MR) is 96.3 cm³/mol. The van der Waals surface area contributed by atoms with Gasteiger partial charge in [0.05, 0.1) is 23.9 Å². The largest absolute Gasteiger partial charge is 0.371 e. The predicted octanol–water partition coefficient (Wildman–Crippen LogP) is 3.08. The quantitative estimate of drug-likeness (QED) is 0.924. The van der Waals surface area contributed by atoms with Crippen molar-refractivity contribution in [2.24, 2.45) is 0 Å². The monoisotopic (exact) mass is 344 g/mol. The van der Waals surface area contributed by atoms with Gasteiger partial charge in [0.2, 0.25) is 0 Å². The molecule has 2 aliphatic rings. The molecule has 2 aliphatic heterocycles. The van der Waals surface area contributed by atoms with Gasteiger partial charge < -0.3 is 10.1 Å². The van der Waals surface area contributed by atoms with Crippen molar-refractivity contribution < 1.29 is 4.74 Å². The summed E-state index contributed by atoms with van der Waals surface area (Å²) >= 11 is 1.77. The molecule has 24 heavy (non-hydrogen) atoms. The average Bonchev–Trinajstić information content (AvgIpc) is 3.21. The molecular formula is C18H24N4OS. The van der Waals surface area contributed by atoms with Crippen molar-refractivity contribution >= 4 is 17.2 Å². The highest BCUT2D eigenvalue weighted by atomic mass is 32.1. The van der Waals surface area contributed by atoms with E-state index < -0.39 is 0 Å². The molecule has 1 N–H and O–H groups in total. The van der Waals surface area contributed by atoms with Crippen LogP contribution in [0.1, 0.15) is 30.5 Å². The Labute approximate surface area is 147 Å². The number of anilines is 1. The van der Waals surface area contributed by atoms with E-state index in [0.717, 1.165) is 44.0 Å². The number of piperidine rings is 1. The smallest absolute Gasteiger partial charge is 0.148 e. The minimum Gasteiger partial charge on any atom is -0.371 e. The van der Waals surface area contributed by atoms with Crippen molar-refractivity contribution in [1.29, 1.82) is 0 Å². The molecule has 2 saturated heterocycles. The van der Waals surface area contributed by atoms with Crippen LogP contribution in [0.3, 0.4) is 0 Å². The SMILES string of the molecule is Cc1ccc(N[C@H]2CO[C@@]3(CCCN(Cc4ccsc4)C3)C2)nn1. The zero-order valence-electron chi connectivity index (χ0n) is 14.1. The maximum atomic E-state index is 6.29. The lowest BCUT2D eigenvalue weighted by Crippen LogP contribution is -2.47. The Morgan fingerprint density at radius 2 is 2.33 bits per heavy atom. The van der Waals surface area contributed by atoms with Crippen LogP contribution < -0.4 is 5.32 Å². The molecule has 4 heterocycles. The van der Waals surface area contributed by atoms with Crippen LogP contribution in [0.25, 0.3) is 0 Å². The topological polar surface area (TPSA) is 50.3 Å². The maximum absolute atomic E-state index is 6.29. The second-order valence-electron chi connectivity index (χ2n) is 7.05. The Kier molecular flexibility index (Phi) is 4.52. The number of aromatic nitrogens is 2. The number of hydrogen-bond acceptors (Lipinski definition) is 6. The third-order valence-electron chi connectivity index (χ3n) is 4.96. The average molecular weight is 344 g/mol. The van der Waals surface area contributed by atoms with E-state index in [4.69, 9.17) is 4.74 Å². The zero-order valence-corrected chi connectivity index (χ0v) is 14.9. The van der Waals surface area contributed by atoms with Crippen molar-refractivity contribution in [3.8, 4) is 0 Å². The van der Waals surface area contributed by atoms with Gasteiger partial charge in [-0.05, 0) is 60.8 Å². The lowest BCUT2D eigenvalue weighted by Gasteiger charge is -2.39. The van der Waals surface area contributed by atoms with Gasteiger partial charge in [0, 0.05) is 19.5 Å². The first kappa shape index (κ1) is 16.0. The maximum Gasteiger partial charge on any atom is 0.148 e. The zero-order chi connectivity index (χ0) is 16.4. The van der Waals surface area contributed by atoms with Gasteiger partial charge in [-0.3, -0.25) is 4.90 Å². The second-order valence-corrected chi connectivity index (χ2v) is 7.83. The first-order valence-electron chi connectivity index (χ1n) is 8.65. The lowest BCUT2D eigenvalue weighted by molar-refractivity contribution is -0.0532. The highest BCUT2D eigenvalue weighted by Gasteiger charge is 2.43. The van der Waals surface area contributed by atoms with Gasteiger partial charge in [0.1, 0.15) is 5.82 Å². The molecular weight excluding hydrogens is 320 g/mol. The molecule has 0 aliphatic carbocycles. The Morgan fingerprint density at radius 3 is 3.12 bits per heavy atom. The van der Waals surface area contributed by atoms with Gasteiger partial charge >= 0.3 is 0 Å². The summed E-state index contributed by atoms with van der Waals surface area (Å²) in [6.45, 7) is 5.94. The fraction of sp³-hybridized carbons (Fsp3) is 0.556. The van der Waals surface area contributed by atoms with E-state index in [0.29, 0.717) is 6.04 Å². The van der Waals surface area contributed by atoms with E-state index in [2.05, 4.69) is 37.2 Å². The van der Waals surface area contributed by atoms with Crippen molar-refractivity contribution in [2.75, 3.05) is 25.0 Å².